The summed E-state index contributed by atoms with van der Waals surface area (Å²) in [5.41, 5.74) is 5.32. The van der Waals surface area contributed by atoms with Crippen LogP contribution in [0.2, 0.25) is 0 Å². The Kier molecular flexibility index (Phi) is 33.6. The summed E-state index contributed by atoms with van der Waals surface area (Å²) in [5, 5.41) is 8.86. The van der Waals surface area contributed by atoms with E-state index in [2.05, 4.69) is 42.7 Å². The Labute approximate surface area is 309 Å². The quantitative estimate of drug-likeness (QED) is 0.0239. The van der Waals surface area contributed by atoms with E-state index in [1.54, 1.807) is 0 Å². The number of phosphoric ester groups is 1. The van der Waals surface area contributed by atoms with Crippen LogP contribution < -0.4 is 5.73 Å². The first-order chi connectivity index (χ1) is 24.6. The molecule has 0 aromatic carbocycles. The maximum Gasteiger partial charge on any atom is 0.472 e. The zero-order chi connectivity index (χ0) is 37.8. The topological polar surface area (TPSA) is 172 Å². The number of aliphatic carboxylic acids is 1. The molecule has 0 radical (unpaired) electrons. The number of carbonyl (C=O) groups excluding carboxylic acids is 2. The highest BCUT2D eigenvalue weighted by molar-refractivity contribution is 7.47. The summed E-state index contributed by atoms with van der Waals surface area (Å²) in [7, 11) is -4.71. The molecule has 3 unspecified atom stereocenters. The van der Waals surface area contributed by atoms with Gasteiger partial charge in [-0.15, -0.1) is 0 Å². The van der Waals surface area contributed by atoms with Gasteiger partial charge >= 0.3 is 25.7 Å². The summed E-state index contributed by atoms with van der Waals surface area (Å²) >= 11 is 0. The SMILES string of the molecule is CCCC/C=C\C/C=C\CCCCCCCC(=O)OC(COC(=O)CCCCCCCCCCCCCCC)COP(=O)(O)OCC(N)C(=O)O. The molecule has 0 aliphatic rings. The predicted octanol–water partition coefficient (Wildman–Crippen LogP) is 9.89. The number of allylic oxidation sites excluding steroid dienone is 4. The van der Waals surface area contributed by atoms with Crippen LogP contribution >= 0.6 is 7.82 Å². The zero-order valence-corrected chi connectivity index (χ0v) is 32.8. The highest BCUT2D eigenvalue weighted by Gasteiger charge is 2.28. The van der Waals surface area contributed by atoms with E-state index in [4.69, 9.17) is 24.8 Å². The Morgan fingerprint density at radius 3 is 1.59 bits per heavy atom. The highest BCUT2D eigenvalue weighted by atomic mass is 31.2. The smallest absolute Gasteiger partial charge is 0.472 e. The molecule has 0 rings (SSSR count). The fraction of sp³-hybridized carbons (Fsp3) is 0.821. The van der Waals surface area contributed by atoms with Gasteiger partial charge in [0.25, 0.3) is 0 Å². The van der Waals surface area contributed by atoms with E-state index < -0.39 is 51.1 Å². The molecule has 0 amide bonds. The van der Waals surface area contributed by atoms with Crippen molar-refractivity contribution in [2.24, 2.45) is 5.73 Å². The fourth-order valence-electron chi connectivity index (χ4n) is 5.26. The molecule has 4 N–H and O–H groups in total. The molecule has 11 nitrogen and oxygen atoms in total. The number of ether oxygens (including phenoxy) is 2. The van der Waals surface area contributed by atoms with Crippen molar-refractivity contribution in [3.8, 4) is 0 Å². The van der Waals surface area contributed by atoms with Gasteiger partial charge in [-0.25, -0.2) is 4.57 Å². The van der Waals surface area contributed by atoms with E-state index >= 15 is 0 Å². The monoisotopic (exact) mass is 745 g/mol. The minimum absolute atomic E-state index is 0.147. The molecule has 12 heteroatoms. The Hall–Kier alpha value is -2.04. The van der Waals surface area contributed by atoms with Gasteiger partial charge in [0, 0.05) is 12.8 Å². The molecule has 0 spiro atoms. The highest BCUT2D eigenvalue weighted by Crippen LogP contribution is 2.43. The normalized spacial score (nSPS) is 14.1. The van der Waals surface area contributed by atoms with E-state index in [-0.39, 0.29) is 19.4 Å². The molecule has 51 heavy (non-hydrogen) atoms. The third-order valence-electron chi connectivity index (χ3n) is 8.45. The van der Waals surface area contributed by atoms with Crippen molar-refractivity contribution in [3.05, 3.63) is 24.3 Å². The van der Waals surface area contributed by atoms with Crippen molar-refractivity contribution in [3.63, 3.8) is 0 Å². The van der Waals surface area contributed by atoms with Crippen LogP contribution in [0.3, 0.4) is 0 Å². The minimum Gasteiger partial charge on any atom is -0.480 e. The number of hydrogen-bond donors (Lipinski definition) is 3. The summed E-state index contributed by atoms with van der Waals surface area (Å²) < 4.78 is 32.6. The Morgan fingerprint density at radius 2 is 1.06 bits per heavy atom. The number of hydrogen-bond acceptors (Lipinski definition) is 9. The number of nitrogens with two attached hydrogens (primary N) is 1. The van der Waals surface area contributed by atoms with Crippen molar-refractivity contribution in [2.75, 3.05) is 19.8 Å². The predicted molar refractivity (Wildman–Crippen MR) is 203 cm³/mol. The average molecular weight is 746 g/mol. The third-order valence-corrected chi connectivity index (χ3v) is 9.40. The van der Waals surface area contributed by atoms with Crippen molar-refractivity contribution >= 4 is 25.7 Å². The van der Waals surface area contributed by atoms with Crippen LogP contribution in [0.15, 0.2) is 24.3 Å². The van der Waals surface area contributed by atoms with E-state index in [0.29, 0.717) is 12.8 Å². The second-order valence-electron chi connectivity index (χ2n) is 13.4. The molecule has 3 atom stereocenters. The second kappa shape index (κ2) is 35.0. The number of carbonyl (C=O) groups is 3. The molecular formula is C39H72NO10P. The maximum atomic E-state index is 12.6. The lowest BCUT2D eigenvalue weighted by atomic mass is 10.0. The lowest BCUT2D eigenvalue weighted by molar-refractivity contribution is -0.161. The molecule has 0 aromatic rings. The van der Waals surface area contributed by atoms with Gasteiger partial charge in [-0.05, 0) is 38.5 Å². The zero-order valence-electron chi connectivity index (χ0n) is 31.9. The molecule has 0 heterocycles. The summed E-state index contributed by atoms with van der Waals surface area (Å²) in [6.07, 6.45) is 33.8. The van der Waals surface area contributed by atoms with Crippen molar-refractivity contribution < 1.29 is 47.5 Å². The van der Waals surface area contributed by atoms with Crippen LogP contribution in [0.1, 0.15) is 174 Å². The largest absolute Gasteiger partial charge is 0.480 e. The van der Waals surface area contributed by atoms with E-state index in [1.807, 2.05) is 0 Å². The van der Waals surface area contributed by atoms with E-state index in [9.17, 15) is 23.8 Å². The molecule has 0 saturated heterocycles. The van der Waals surface area contributed by atoms with Crippen LogP contribution in [-0.2, 0) is 37.5 Å². The van der Waals surface area contributed by atoms with Crippen LogP contribution in [0.25, 0.3) is 0 Å². The van der Waals surface area contributed by atoms with Gasteiger partial charge in [0.15, 0.2) is 6.10 Å². The molecule has 0 bridgehead atoms. The van der Waals surface area contributed by atoms with Gasteiger partial charge in [-0.2, -0.15) is 0 Å². The lowest BCUT2D eigenvalue weighted by Crippen LogP contribution is -2.34. The first-order valence-corrected chi connectivity index (χ1v) is 21.4. The molecule has 0 fully saturated rings. The lowest BCUT2D eigenvalue weighted by Gasteiger charge is -2.20. The summed E-state index contributed by atoms with van der Waals surface area (Å²) in [4.78, 5) is 45.8. The first-order valence-electron chi connectivity index (χ1n) is 19.9. The Morgan fingerprint density at radius 1 is 0.608 bits per heavy atom. The first kappa shape index (κ1) is 49.0. The molecular weight excluding hydrogens is 673 g/mol. The summed E-state index contributed by atoms with van der Waals surface area (Å²) in [5.74, 6) is -2.39. The average Bonchev–Trinajstić information content (AvgIpc) is 3.10. The molecule has 0 aliphatic heterocycles. The van der Waals surface area contributed by atoms with Gasteiger partial charge in [0.1, 0.15) is 12.6 Å². The number of esters is 2. The number of carboxylic acids is 1. The Balaban J connectivity index is 4.44. The summed E-state index contributed by atoms with van der Waals surface area (Å²) in [6.45, 7) is 2.74. The molecule has 0 saturated carbocycles. The van der Waals surface area contributed by atoms with Crippen LogP contribution in [0.4, 0.5) is 0 Å². The van der Waals surface area contributed by atoms with Gasteiger partial charge < -0.3 is 25.2 Å². The van der Waals surface area contributed by atoms with Crippen LogP contribution in [-0.4, -0.2) is 59.9 Å². The van der Waals surface area contributed by atoms with Gasteiger partial charge in [0.05, 0.1) is 13.2 Å². The fourth-order valence-corrected chi connectivity index (χ4v) is 6.04. The van der Waals surface area contributed by atoms with Crippen molar-refractivity contribution in [1.82, 2.24) is 0 Å². The van der Waals surface area contributed by atoms with Crippen LogP contribution in [0, 0.1) is 0 Å². The van der Waals surface area contributed by atoms with E-state index in [1.165, 1.54) is 70.6 Å². The summed E-state index contributed by atoms with van der Waals surface area (Å²) in [6, 6.07) is -1.52. The van der Waals surface area contributed by atoms with Gasteiger partial charge in [-0.3, -0.25) is 23.4 Å². The van der Waals surface area contributed by atoms with Crippen LogP contribution in [0.5, 0.6) is 0 Å². The Bertz CT molecular complexity index is 974. The third kappa shape index (κ3) is 34.8. The van der Waals surface area contributed by atoms with Crippen molar-refractivity contribution in [1.29, 1.82) is 0 Å². The van der Waals surface area contributed by atoms with Gasteiger partial charge in [-0.1, -0.05) is 147 Å². The number of rotatable bonds is 37. The number of unbranched alkanes of at least 4 members (excludes halogenated alkanes) is 19. The molecule has 0 aliphatic carbocycles. The number of phosphoric acid groups is 1. The second-order valence-corrected chi connectivity index (χ2v) is 14.9. The van der Waals surface area contributed by atoms with E-state index in [0.717, 1.165) is 64.2 Å². The maximum absolute atomic E-state index is 12.6. The standard InChI is InChI=1S/C39H72NO10P/c1-3-5-7-9-11-13-15-17-19-21-23-25-27-29-31-38(42)50-35(33-48-51(45,46)49-34-36(40)39(43)44)32-47-37(41)30-28-26-24-22-20-18-16-14-12-10-8-6-4-2/h9,11,15,17,35-36H,3-8,10,12-14,16,18-34,40H2,1-2H3,(H,43,44)(H,45,46)/b11-9-,17-15-. The van der Waals surface area contributed by atoms with Gasteiger partial charge in [0.2, 0.25) is 0 Å². The molecule has 0 aromatic heterocycles. The van der Waals surface area contributed by atoms with Crippen molar-refractivity contribution in [2.45, 2.75) is 187 Å². The minimum atomic E-state index is -4.71. The number of carboxylic acid groups (broad SMARTS) is 1. The molecule has 298 valence electrons.